The van der Waals surface area contributed by atoms with E-state index < -0.39 is 10.0 Å². The summed E-state index contributed by atoms with van der Waals surface area (Å²) in [7, 11) is -3.22. The second-order valence-corrected chi connectivity index (χ2v) is 5.21. The van der Waals surface area contributed by atoms with Gasteiger partial charge in [0, 0.05) is 6.20 Å². The van der Waals surface area contributed by atoms with E-state index in [4.69, 9.17) is 0 Å². The fourth-order valence-corrected chi connectivity index (χ4v) is 1.74. The van der Waals surface area contributed by atoms with Gasteiger partial charge in [0.2, 0.25) is 10.0 Å². The lowest BCUT2D eigenvalue weighted by Gasteiger charge is -2.11. The normalized spacial score (nSPS) is 11.7. The van der Waals surface area contributed by atoms with Gasteiger partial charge >= 0.3 is 0 Å². The van der Waals surface area contributed by atoms with Crippen LogP contribution in [0.2, 0.25) is 0 Å². The zero-order chi connectivity index (χ0) is 10.8. The molecule has 0 aliphatic carbocycles. The van der Waals surface area contributed by atoms with E-state index in [2.05, 4.69) is 9.71 Å². The second-order valence-electron chi connectivity index (χ2n) is 3.47. The first-order chi connectivity index (χ1) is 6.40. The largest absolute Gasteiger partial charge is 0.282 e. The van der Waals surface area contributed by atoms with Crippen molar-refractivity contribution in [3.63, 3.8) is 0 Å². The van der Waals surface area contributed by atoms with Crippen LogP contribution in [-0.2, 0) is 10.0 Å². The van der Waals surface area contributed by atoms with E-state index in [0.717, 1.165) is 11.9 Å². The molecule has 14 heavy (non-hydrogen) atoms. The Morgan fingerprint density at radius 1 is 1.43 bits per heavy atom. The van der Waals surface area contributed by atoms with E-state index in [-0.39, 0.29) is 5.92 Å². The summed E-state index contributed by atoms with van der Waals surface area (Å²) in [6, 6.07) is 3.42. The third-order valence-corrected chi connectivity index (χ3v) is 2.27. The van der Waals surface area contributed by atoms with Crippen molar-refractivity contribution in [3.8, 4) is 0 Å². The molecule has 0 atom stereocenters. The second kappa shape index (κ2) is 3.96. The zero-order valence-corrected chi connectivity index (χ0v) is 9.30. The highest BCUT2D eigenvalue weighted by Gasteiger charge is 2.10. The van der Waals surface area contributed by atoms with Crippen LogP contribution in [0.3, 0.4) is 0 Å². The van der Waals surface area contributed by atoms with Gasteiger partial charge in [-0.1, -0.05) is 13.8 Å². The molecule has 0 saturated carbocycles. The van der Waals surface area contributed by atoms with E-state index in [1.54, 1.807) is 18.3 Å². The lowest BCUT2D eigenvalue weighted by molar-refractivity contribution is 0.606. The molecule has 78 valence electrons. The van der Waals surface area contributed by atoms with Crippen molar-refractivity contribution in [1.29, 1.82) is 0 Å². The van der Waals surface area contributed by atoms with Crippen molar-refractivity contribution in [3.05, 3.63) is 24.0 Å². The number of anilines is 1. The van der Waals surface area contributed by atoms with Gasteiger partial charge in [-0.25, -0.2) is 8.42 Å². The lowest BCUT2D eigenvalue weighted by atomic mass is 10.1. The highest BCUT2D eigenvalue weighted by molar-refractivity contribution is 7.92. The minimum atomic E-state index is -3.22. The third kappa shape index (κ3) is 2.99. The van der Waals surface area contributed by atoms with Gasteiger partial charge in [0.1, 0.15) is 0 Å². The first-order valence-corrected chi connectivity index (χ1v) is 6.22. The van der Waals surface area contributed by atoms with Crippen LogP contribution in [-0.4, -0.2) is 19.7 Å². The SMILES string of the molecule is CC(C)c1ncccc1NS(C)(=O)=O. The molecule has 0 spiro atoms. The number of nitrogens with one attached hydrogen (secondary N) is 1. The number of rotatable bonds is 3. The Balaban J connectivity index is 3.08. The minimum Gasteiger partial charge on any atom is -0.282 e. The summed E-state index contributed by atoms with van der Waals surface area (Å²) in [6.07, 6.45) is 2.78. The number of aromatic nitrogens is 1. The smallest absolute Gasteiger partial charge is 0.229 e. The topological polar surface area (TPSA) is 59.1 Å². The van der Waals surface area contributed by atoms with Gasteiger partial charge in [0.25, 0.3) is 0 Å². The van der Waals surface area contributed by atoms with Crippen molar-refractivity contribution in [2.24, 2.45) is 0 Å². The summed E-state index contributed by atoms with van der Waals surface area (Å²) >= 11 is 0. The first kappa shape index (κ1) is 11.0. The molecule has 1 N–H and O–H groups in total. The molecule has 1 aromatic heterocycles. The van der Waals surface area contributed by atoms with E-state index in [1.807, 2.05) is 13.8 Å². The molecule has 0 bridgehead atoms. The summed E-state index contributed by atoms with van der Waals surface area (Å²) in [4.78, 5) is 4.14. The molecule has 1 heterocycles. The van der Waals surface area contributed by atoms with Gasteiger partial charge in [-0.2, -0.15) is 0 Å². The maximum atomic E-state index is 11.0. The molecular formula is C9H14N2O2S. The Hall–Kier alpha value is -1.10. The summed E-state index contributed by atoms with van der Waals surface area (Å²) in [6.45, 7) is 3.94. The van der Waals surface area contributed by atoms with Crippen molar-refractivity contribution < 1.29 is 8.42 Å². The molecule has 0 saturated heterocycles. The van der Waals surface area contributed by atoms with Crippen LogP contribution in [0, 0.1) is 0 Å². The van der Waals surface area contributed by atoms with Crippen LogP contribution >= 0.6 is 0 Å². The lowest BCUT2D eigenvalue weighted by Crippen LogP contribution is -2.12. The molecule has 4 nitrogen and oxygen atoms in total. The number of pyridine rings is 1. The summed E-state index contributed by atoms with van der Waals surface area (Å²) < 4.78 is 24.5. The Kier molecular flexibility index (Phi) is 3.10. The molecule has 5 heteroatoms. The molecule has 0 aromatic carbocycles. The van der Waals surface area contributed by atoms with Crippen LogP contribution in [0.1, 0.15) is 25.5 Å². The van der Waals surface area contributed by atoms with Crippen LogP contribution in [0.15, 0.2) is 18.3 Å². The van der Waals surface area contributed by atoms with Gasteiger partial charge in [0.15, 0.2) is 0 Å². The van der Waals surface area contributed by atoms with Gasteiger partial charge in [-0.15, -0.1) is 0 Å². The predicted molar refractivity (Wildman–Crippen MR) is 56.8 cm³/mol. The first-order valence-electron chi connectivity index (χ1n) is 4.33. The van der Waals surface area contributed by atoms with Crippen molar-refractivity contribution >= 4 is 15.7 Å². The number of nitrogens with zero attached hydrogens (tertiary/aromatic N) is 1. The molecule has 0 fully saturated rings. The average Bonchev–Trinajstić information content (AvgIpc) is 2.01. The Morgan fingerprint density at radius 3 is 2.57 bits per heavy atom. The summed E-state index contributed by atoms with van der Waals surface area (Å²) in [5.41, 5.74) is 1.32. The van der Waals surface area contributed by atoms with Gasteiger partial charge < -0.3 is 0 Å². The standard InChI is InChI=1S/C9H14N2O2S/c1-7(2)9-8(5-4-6-10-9)11-14(3,12)13/h4-7,11H,1-3H3. The van der Waals surface area contributed by atoms with Gasteiger partial charge in [-0.05, 0) is 18.1 Å². The molecule has 0 aliphatic heterocycles. The quantitative estimate of drug-likeness (QED) is 0.831. The van der Waals surface area contributed by atoms with Crippen LogP contribution < -0.4 is 4.72 Å². The molecule has 0 unspecified atom stereocenters. The highest BCUT2D eigenvalue weighted by atomic mass is 32.2. The van der Waals surface area contributed by atoms with E-state index >= 15 is 0 Å². The maximum Gasteiger partial charge on any atom is 0.229 e. The highest BCUT2D eigenvalue weighted by Crippen LogP contribution is 2.21. The van der Waals surface area contributed by atoms with Crippen LogP contribution in [0.5, 0.6) is 0 Å². The molecule has 0 amide bonds. The minimum absolute atomic E-state index is 0.195. The zero-order valence-electron chi connectivity index (χ0n) is 8.48. The fraction of sp³-hybridized carbons (Fsp3) is 0.444. The van der Waals surface area contributed by atoms with E-state index in [1.165, 1.54) is 0 Å². The predicted octanol–water partition coefficient (Wildman–Crippen LogP) is 1.58. The average molecular weight is 214 g/mol. The number of hydrogen-bond acceptors (Lipinski definition) is 3. The van der Waals surface area contributed by atoms with Crippen LogP contribution in [0.25, 0.3) is 0 Å². The van der Waals surface area contributed by atoms with Crippen molar-refractivity contribution in [1.82, 2.24) is 4.98 Å². The Labute approximate surface area is 84.4 Å². The number of sulfonamides is 1. The van der Waals surface area contributed by atoms with Gasteiger partial charge in [-0.3, -0.25) is 9.71 Å². The van der Waals surface area contributed by atoms with Gasteiger partial charge in [0.05, 0.1) is 17.6 Å². The monoisotopic (exact) mass is 214 g/mol. The maximum absolute atomic E-state index is 11.0. The van der Waals surface area contributed by atoms with E-state index in [0.29, 0.717) is 5.69 Å². The Morgan fingerprint density at radius 2 is 2.07 bits per heavy atom. The molecule has 1 rings (SSSR count). The number of hydrogen-bond donors (Lipinski definition) is 1. The fourth-order valence-electron chi connectivity index (χ4n) is 1.16. The summed E-state index contributed by atoms with van der Waals surface area (Å²) in [5, 5.41) is 0. The van der Waals surface area contributed by atoms with Crippen molar-refractivity contribution in [2.75, 3.05) is 11.0 Å². The molecule has 0 radical (unpaired) electrons. The third-order valence-electron chi connectivity index (χ3n) is 1.68. The van der Waals surface area contributed by atoms with E-state index in [9.17, 15) is 8.42 Å². The molecular weight excluding hydrogens is 200 g/mol. The molecule has 1 aromatic rings. The van der Waals surface area contributed by atoms with Crippen LogP contribution in [0.4, 0.5) is 5.69 Å². The van der Waals surface area contributed by atoms with Crippen molar-refractivity contribution in [2.45, 2.75) is 19.8 Å². The Bertz CT molecular complexity index is 413. The summed E-state index contributed by atoms with van der Waals surface area (Å²) in [5.74, 6) is 0.195. The molecule has 0 aliphatic rings.